The number of amides is 1. The van der Waals surface area contributed by atoms with Gasteiger partial charge in [-0.2, -0.15) is 0 Å². The monoisotopic (exact) mass is 588 g/mol. The van der Waals surface area contributed by atoms with Crippen molar-refractivity contribution >= 4 is 33.2 Å². The average Bonchev–Trinajstić information content (AvgIpc) is 2.88. The van der Waals surface area contributed by atoms with Crippen molar-refractivity contribution in [1.82, 2.24) is 4.72 Å². The van der Waals surface area contributed by atoms with Gasteiger partial charge in [-0.25, -0.2) is 13.1 Å². The number of halogens is 1. The number of aliphatic hydroxyl groups excluding tert-OH is 1. The van der Waals surface area contributed by atoms with E-state index in [1.165, 1.54) is 5.56 Å². The smallest absolute Gasteiger partial charge is 0.264 e. The van der Waals surface area contributed by atoms with E-state index >= 15 is 0 Å². The predicted octanol–water partition coefficient (Wildman–Crippen LogP) is 5.57. The molecule has 218 valence electrons. The summed E-state index contributed by atoms with van der Waals surface area (Å²) >= 11 is 6.30. The summed E-state index contributed by atoms with van der Waals surface area (Å²) in [6, 6.07) is 11.1. The van der Waals surface area contributed by atoms with Gasteiger partial charge in [-0.05, 0) is 110 Å². The molecule has 0 spiro atoms. The molecule has 2 bridgehead atoms. The van der Waals surface area contributed by atoms with E-state index < -0.39 is 22.0 Å². The Morgan fingerprint density at radius 1 is 1.02 bits per heavy atom. The summed E-state index contributed by atoms with van der Waals surface area (Å²) < 4.78 is 34.4. The molecule has 3 aliphatic rings. The van der Waals surface area contributed by atoms with E-state index in [9.17, 15) is 18.3 Å². The van der Waals surface area contributed by atoms with Gasteiger partial charge in [0.25, 0.3) is 5.91 Å². The molecule has 5 rings (SSSR count). The van der Waals surface area contributed by atoms with Crippen LogP contribution in [0.2, 0.25) is 5.02 Å². The number of fused-ring (bicyclic) bond motifs is 3. The van der Waals surface area contributed by atoms with Crippen LogP contribution in [-0.4, -0.2) is 44.4 Å². The summed E-state index contributed by atoms with van der Waals surface area (Å²) in [6.45, 7) is 5.86. The van der Waals surface area contributed by atoms with Crippen molar-refractivity contribution in [3.05, 3.63) is 58.1 Å². The Hall–Kier alpha value is -2.29. The normalized spacial score (nSPS) is 29.4. The number of hydrogen-bond acceptors (Lipinski definition) is 6. The van der Waals surface area contributed by atoms with Crippen LogP contribution in [0.1, 0.15) is 73.9 Å². The number of anilines is 1. The molecular formula is C31H41ClN2O5S. The molecule has 2 aromatic carbocycles. The maximum atomic E-state index is 13.2. The Bertz CT molecular complexity index is 1330. The van der Waals surface area contributed by atoms with Gasteiger partial charge >= 0.3 is 0 Å². The van der Waals surface area contributed by atoms with Gasteiger partial charge in [-0.1, -0.05) is 31.5 Å². The van der Waals surface area contributed by atoms with E-state index in [2.05, 4.69) is 16.5 Å². The van der Waals surface area contributed by atoms with Crippen LogP contribution < -0.4 is 14.4 Å². The number of carbonyl (C=O) groups excluding carboxylic acids is 1. The van der Waals surface area contributed by atoms with Crippen LogP contribution in [0.15, 0.2) is 36.4 Å². The number of rotatable bonds is 0. The van der Waals surface area contributed by atoms with E-state index in [0.717, 1.165) is 56.4 Å². The molecule has 2 aliphatic heterocycles. The third kappa shape index (κ3) is 6.94. The lowest BCUT2D eigenvalue weighted by Crippen LogP contribution is -2.44. The van der Waals surface area contributed by atoms with Crippen molar-refractivity contribution < 1.29 is 23.1 Å². The lowest BCUT2D eigenvalue weighted by molar-refractivity contribution is 0.000858. The average molecular weight is 589 g/mol. The van der Waals surface area contributed by atoms with Crippen LogP contribution >= 0.6 is 11.6 Å². The summed E-state index contributed by atoms with van der Waals surface area (Å²) in [5.74, 6) is 0.518. The maximum absolute atomic E-state index is 13.2. The molecule has 1 fully saturated rings. The zero-order valence-electron chi connectivity index (χ0n) is 23.4. The minimum atomic E-state index is -3.82. The van der Waals surface area contributed by atoms with E-state index in [4.69, 9.17) is 16.3 Å². The summed E-state index contributed by atoms with van der Waals surface area (Å²) in [7, 11) is -3.82. The molecule has 0 aromatic heterocycles. The SMILES string of the molecule is CC1CC(O)[C@@H]2CC[C@H]2CN2CCCCc3cc(Cl)ccc3COc3ccc(cc32)C(=O)NS(=O)(=O)C[C@H](C)C1. The number of sulfonamides is 1. The quantitative estimate of drug-likeness (QED) is 0.417. The number of carbonyl (C=O) groups is 1. The molecule has 0 radical (unpaired) electrons. The van der Waals surface area contributed by atoms with Crippen molar-refractivity contribution in [2.24, 2.45) is 23.7 Å². The van der Waals surface area contributed by atoms with Gasteiger partial charge in [0.2, 0.25) is 10.0 Å². The molecule has 2 heterocycles. The molecule has 2 aromatic rings. The minimum absolute atomic E-state index is 0.130. The number of nitrogens with one attached hydrogen (secondary N) is 1. The Balaban J connectivity index is 1.52. The number of nitrogens with zero attached hydrogens (tertiary/aromatic N) is 1. The first-order valence-corrected chi connectivity index (χ1v) is 16.6. The summed E-state index contributed by atoms with van der Waals surface area (Å²) in [4.78, 5) is 15.5. The highest BCUT2D eigenvalue weighted by Gasteiger charge is 2.38. The summed E-state index contributed by atoms with van der Waals surface area (Å²) in [6.07, 6.45) is 5.79. The van der Waals surface area contributed by atoms with Crippen molar-refractivity contribution in [2.75, 3.05) is 23.7 Å². The van der Waals surface area contributed by atoms with Gasteiger partial charge in [-0.3, -0.25) is 4.79 Å². The minimum Gasteiger partial charge on any atom is -0.487 e. The molecule has 5 atom stereocenters. The van der Waals surface area contributed by atoms with Gasteiger partial charge < -0.3 is 14.7 Å². The van der Waals surface area contributed by atoms with Crippen LogP contribution in [0.25, 0.3) is 0 Å². The van der Waals surface area contributed by atoms with Gasteiger partial charge in [0.15, 0.2) is 0 Å². The maximum Gasteiger partial charge on any atom is 0.264 e. The van der Waals surface area contributed by atoms with Gasteiger partial charge in [-0.15, -0.1) is 0 Å². The summed E-state index contributed by atoms with van der Waals surface area (Å²) in [5, 5.41) is 11.9. The van der Waals surface area contributed by atoms with Crippen LogP contribution in [0.4, 0.5) is 5.69 Å². The van der Waals surface area contributed by atoms with Crippen LogP contribution in [0.3, 0.4) is 0 Å². The van der Waals surface area contributed by atoms with Gasteiger partial charge in [0.05, 0.1) is 17.5 Å². The molecule has 7 nitrogen and oxygen atoms in total. The van der Waals surface area contributed by atoms with Crippen molar-refractivity contribution in [2.45, 2.75) is 71.5 Å². The highest BCUT2D eigenvalue weighted by Crippen LogP contribution is 2.42. The number of aryl methyl sites for hydroxylation is 1. The molecule has 40 heavy (non-hydrogen) atoms. The van der Waals surface area contributed by atoms with E-state index in [1.807, 2.05) is 25.1 Å². The molecule has 9 heteroatoms. The molecule has 1 aliphatic carbocycles. The third-order valence-electron chi connectivity index (χ3n) is 8.86. The topological polar surface area (TPSA) is 95.9 Å². The lowest BCUT2D eigenvalue weighted by Gasteiger charge is -2.44. The second-order valence-electron chi connectivity index (χ2n) is 12.3. The molecule has 1 amide bonds. The van der Waals surface area contributed by atoms with Gasteiger partial charge in [0.1, 0.15) is 12.4 Å². The first-order valence-electron chi connectivity index (χ1n) is 14.6. The Morgan fingerprint density at radius 3 is 2.62 bits per heavy atom. The molecule has 2 unspecified atom stereocenters. The largest absolute Gasteiger partial charge is 0.487 e. The standard InChI is InChI=1S/C31H41ClN2O5S/c1-20-13-21(2)19-40(37,38)33-31(36)23-8-11-30-28(16-23)34(17-24-7-10-27(24)29(35)14-20)12-4-3-5-22-15-26(32)9-6-25(22)18-39-30/h6,8-9,11,15-16,20-21,24,27,29,35H,3-5,7,10,12-14,17-19H2,1-2H3,(H,33,36)/t20?,21-,24+,27-,29?/m1/s1. The summed E-state index contributed by atoms with van der Waals surface area (Å²) in [5.41, 5.74) is 3.34. The lowest BCUT2D eigenvalue weighted by atomic mass is 9.68. The van der Waals surface area contributed by atoms with Crippen LogP contribution in [0, 0.1) is 23.7 Å². The fourth-order valence-corrected chi connectivity index (χ4v) is 8.31. The number of hydrogen-bond donors (Lipinski definition) is 2. The number of ether oxygens (including phenoxy) is 1. The van der Waals surface area contributed by atoms with E-state index in [-0.39, 0.29) is 29.1 Å². The fraction of sp³-hybridized carbons (Fsp3) is 0.581. The Morgan fingerprint density at radius 2 is 1.85 bits per heavy atom. The first-order chi connectivity index (χ1) is 19.1. The second-order valence-corrected chi connectivity index (χ2v) is 14.5. The zero-order chi connectivity index (χ0) is 28.4. The molecule has 1 saturated carbocycles. The van der Waals surface area contributed by atoms with Gasteiger partial charge in [0, 0.05) is 23.7 Å². The van der Waals surface area contributed by atoms with Crippen LogP contribution in [-0.2, 0) is 23.1 Å². The molecular weight excluding hydrogens is 548 g/mol. The Labute approximate surface area is 243 Å². The first kappa shape index (κ1) is 29.2. The fourth-order valence-electron chi connectivity index (χ4n) is 6.75. The van der Waals surface area contributed by atoms with Crippen molar-refractivity contribution in [1.29, 1.82) is 0 Å². The van der Waals surface area contributed by atoms with Crippen LogP contribution in [0.5, 0.6) is 5.75 Å². The third-order valence-corrected chi connectivity index (χ3v) is 10.6. The molecule has 2 N–H and O–H groups in total. The number of benzene rings is 2. The van der Waals surface area contributed by atoms with E-state index in [0.29, 0.717) is 36.1 Å². The number of aliphatic hydroxyl groups is 1. The Kier molecular flexibility index (Phi) is 8.98. The highest BCUT2D eigenvalue weighted by atomic mass is 35.5. The molecule has 0 saturated heterocycles. The van der Waals surface area contributed by atoms with Crippen molar-refractivity contribution in [3.63, 3.8) is 0 Å². The zero-order valence-corrected chi connectivity index (χ0v) is 25.0. The van der Waals surface area contributed by atoms with Crippen molar-refractivity contribution in [3.8, 4) is 5.75 Å². The predicted molar refractivity (Wildman–Crippen MR) is 158 cm³/mol. The highest BCUT2D eigenvalue weighted by molar-refractivity contribution is 7.90. The second kappa shape index (κ2) is 12.3. The van der Waals surface area contributed by atoms with E-state index in [1.54, 1.807) is 18.2 Å².